The van der Waals surface area contributed by atoms with Crippen LogP contribution in [0.3, 0.4) is 0 Å². The fraction of sp³-hybridized carbons (Fsp3) is 0.0769. The molecule has 2 aliphatic rings. The molecule has 0 N–H and O–H groups in total. The van der Waals surface area contributed by atoms with E-state index in [1.165, 1.54) is 16.3 Å². The first-order valence-corrected chi connectivity index (χ1v) is 37.9. The average Bonchev–Trinajstić information content (AvgIpc) is 0.705. The van der Waals surface area contributed by atoms with Crippen LogP contribution in [0.4, 0.5) is 51.2 Å². The van der Waals surface area contributed by atoms with Gasteiger partial charge in [0.1, 0.15) is 0 Å². The summed E-state index contributed by atoms with van der Waals surface area (Å²) < 4.78 is 80.4. The molecule has 16 aromatic carbocycles. The van der Waals surface area contributed by atoms with Crippen molar-refractivity contribution < 1.29 is 11.0 Å². The van der Waals surface area contributed by atoms with Crippen molar-refractivity contribution in [3.8, 4) is 67.0 Å². The zero-order valence-corrected chi connectivity index (χ0v) is 62.0. The van der Waals surface area contributed by atoms with E-state index in [-0.39, 0.29) is 44.7 Å². The van der Waals surface area contributed by atoms with Gasteiger partial charge in [-0.2, -0.15) is 0 Å². The van der Waals surface area contributed by atoms with Gasteiger partial charge in [-0.1, -0.05) is 314 Å². The van der Waals surface area contributed by atoms with Gasteiger partial charge >= 0.3 is 0 Å². The largest absolute Gasteiger partial charge is 0.310 e. The van der Waals surface area contributed by atoms with Crippen LogP contribution in [0.2, 0.25) is 0 Å². The Kier molecular flexibility index (Phi) is 13.8. The van der Waals surface area contributed by atoms with Gasteiger partial charge in [-0.15, -0.1) is 0 Å². The van der Waals surface area contributed by atoms with Crippen LogP contribution in [0, 0.1) is 0 Å². The minimum Gasteiger partial charge on any atom is -0.310 e. The molecule has 0 saturated heterocycles. The van der Waals surface area contributed by atoms with E-state index >= 15 is 0 Å². The molecule has 0 fully saturated rings. The summed E-state index contributed by atoms with van der Waals surface area (Å²) in [6.07, 6.45) is 0. The monoisotopic (exact) mass is 1420 g/mol. The normalized spacial score (nSPS) is 13.6. The molecule has 0 radical (unpaired) electrons. The third-order valence-electron chi connectivity index (χ3n) is 22.4. The number of aromatic nitrogens is 2. The van der Waals surface area contributed by atoms with Crippen LogP contribution in [-0.4, -0.2) is 15.8 Å². The topological polar surface area (TPSA) is 19.6 Å². The Morgan fingerprint density at radius 2 is 0.691 bits per heavy atom. The number of nitrogens with zero attached hydrogens (tertiary/aromatic N) is 5. The fourth-order valence-corrected chi connectivity index (χ4v) is 17.2. The molecule has 0 spiro atoms. The van der Waals surface area contributed by atoms with Gasteiger partial charge in [0, 0.05) is 89.3 Å². The highest BCUT2D eigenvalue weighted by molar-refractivity contribution is 7.00. The molecule has 2 aliphatic heterocycles. The third kappa shape index (κ3) is 11.0. The molecule has 110 heavy (non-hydrogen) atoms. The van der Waals surface area contributed by atoms with Crippen LogP contribution in [-0.2, 0) is 10.8 Å². The summed E-state index contributed by atoms with van der Waals surface area (Å²) in [4.78, 5) is 7.41. The van der Waals surface area contributed by atoms with Crippen LogP contribution < -0.4 is 31.1 Å². The minimum atomic E-state index is -0.553. The molecule has 2 aromatic heterocycles. The number of hydrogen-bond acceptors (Lipinski definition) is 3. The SMILES string of the molecule is [2H]c1c([2H])c([2H])c2c(c1[2H])c1c([2H])c([2H])c([2H])c([2H])c1n2-c1ccc2c(c1)N(c1c(-c3ccccc3)cc(C(C)(C)C)cc1-c1ccccc1)c1cc(N(c3ccccc3)c3ccc(-n4c5ccccc5c5ccccc54)cc3)cc3c1B2c1ccc(-c2cccc(C(C)(C)C)c2)cc1N3c1c(-c2ccccc2)cccc1-c1ccccc1. The van der Waals surface area contributed by atoms with Crippen LogP contribution >= 0.6 is 0 Å². The van der Waals surface area contributed by atoms with E-state index in [2.05, 4.69) is 382 Å². The van der Waals surface area contributed by atoms with Crippen molar-refractivity contribution in [3.63, 3.8) is 0 Å². The van der Waals surface area contributed by atoms with Crippen molar-refractivity contribution in [3.05, 3.63) is 387 Å². The second-order valence-electron chi connectivity index (χ2n) is 31.0. The zero-order valence-electron chi connectivity index (χ0n) is 70.0. The van der Waals surface area contributed by atoms with E-state index in [0.717, 1.165) is 145 Å². The molecular weight excluding hydrogens is 1330 g/mol. The second-order valence-corrected chi connectivity index (χ2v) is 31.0. The number of benzene rings is 16. The van der Waals surface area contributed by atoms with Crippen molar-refractivity contribution in [1.82, 2.24) is 9.13 Å². The molecule has 4 heterocycles. The van der Waals surface area contributed by atoms with Crippen LogP contribution in [0.1, 0.15) is 63.6 Å². The maximum absolute atomic E-state index is 9.97. The van der Waals surface area contributed by atoms with Gasteiger partial charge in [0.15, 0.2) is 0 Å². The highest BCUT2D eigenvalue weighted by Gasteiger charge is 2.46. The van der Waals surface area contributed by atoms with E-state index in [1.807, 2.05) is 6.07 Å². The van der Waals surface area contributed by atoms with Gasteiger partial charge in [0.2, 0.25) is 0 Å². The average molecular weight is 1420 g/mol. The fourth-order valence-electron chi connectivity index (χ4n) is 17.2. The number of fused-ring (bicyclic) bond motifs is 10. The van der Waals surface area contributed by atoms with Gasteiger partial charge in [-0.25, -0.2) is 0 Å². The molecule has 0 amide bonds. The molecule has 6 heteroatoms. The first kappa shape index (κ1) is 57.8. The van der Waals surface area contributed by atoms with E-state index in [4.69, 9.17) is 2.74 Å². The number of rotatable bonds is 12. The summed E-state index contributed by atoms with van der Waals surface area (Å²) in [5.74, 6) is 0. The number of para-hydroxylation sites is 6. The molecule has 0 bridgehead atoms. The molecule has 20 rings (SSSR count). The molecule has 0 saturated carbocycles. The molecule has 0 aliphatic carbocycles. The van der Waals surface area contributed by atoms with E-state index in [1.54, 1.807) is 4.57 Å². The predicted molar refractivity (Wildman–Crippen MR) is 468 cm³/mol. The summed E-state index contributed by atoms with van der Waals surface area (Å²) in [7, 11) is 0. The first-order valence-electron chi connectivity index (χ1n) is 41.9. The Morgan fingerprint density at radius 1 is 0.282 bits per heavy atom. The molecule has 18 aromatic rings. The van der Waals surface area contributed by atoms with Crippen molar-refractivity contribution in [2.45, 2.75) is 52.4 Å². The highest BCUT2D eigenvalue weighted by Crippen LogP contribution is 2.56. The molecule has 0 atom stereocenters. The molecular formula is C104H80BN5. The van der Waals surface area contributed by atoms with E-state index in [0.29, 0.717) is 5.69 Å². The third-order valence-corrected chi connectivity index (χ3v) is 22.4. The first-order chi connectivity index (χ1) is 57.2. The summed E-state index contributed by atoms with van der Waals surface area (Å²) in [6, 6.07) is 114. The van der Waals surface area contributed by atoms with E-state index in [9.17, 15) is 8.22 Å². The summed E-state index contributed by atoms with van der Waals surface area (Å²) in [5.41, 5.74) is 26.3. The maximum Gasteiger partial charge on any atom is 0.252 e. The zero-order chi connectivity index (χ0) is 80.9. The summed E-state index contributed by atoms with van der Waals surface area (Å²) in [6.45, 7) is 13.0. The summed E-state index contributed by atoms with van der Waals surface area (Å²) in [5, 5.41) is 2.33. The van der Waals surface area contributed by atoms with Crippen molar-refractivity contribution in [2.24, 2.45) is 0 Å². The van der Waals surface area contributed by atoms with Crippen LogP contribution in [0.25, 0.3) is 111 Å². The van der Waals surface area contributed by atoms with Crippen molar-refractivity contribution >= 4 is 118 Å². The molecule has 5 nitrogen and oxygen atoms in total. The van der Waals surface area contributed by atoms with Gasteiger partial charge < -0.3 is 23.8 Å². The Morgan fingerprint density at radius 3 is 1.22 bits per heavy atom. The lowest BCUT2D eigenvalue weighted by molar-refractivity contribution is 0.590. The maximum atomic E-state index is 9.97. The second kappa shape index (κ2) is 26.2. The minimum absolute atomic E-state index is 0.00222. The van der Waals surface area contributed by atoms with Crippen LogP contribution in [0.15, 0.2) is 376 Å². The van der Waals surface area contributed by atoms with Gasteiger partial charge in [-0.05, 0) is 175 Å². The lowest BCUT2D eigenvalue weighted by Gasteiger charge is -2.46. The van der Waals surface area contributed by atoms with Crippen molar-refractivity contribution in [2.75, 3.05) is 14.7 Å². The van der Waals surface area contributed by atoms with Crippen LogP contribution in [0.5, 0.6) is 0 Å². The van der Waals surface area contributed by atoms with Crippen molar-refractivity contribution in [1.29, 1.82) is 0 Å². The van der Waals surface area contributed by atoms with E-state index < -0.39 is 43.0 Å². The Hall–Kier alpha value is -13.4. The quantitative estimate of drug-likeness (QED) is 0.114. The molecule has 0 unspecified atom stereocenters. The molecule has 524 valence electrons. The number of anilines is 9. The standard InChI is InChI=1S/C104H80BN5/c1-103(2,3)75-41-30-40-73(62-75)74-54-60-90-96(63-74)109(101-82(69-32-12-7-13-33-69)48-31-49-83(101)70-34-14-8-15-35-70)98-67-81(106(77-42-20-11-21-43-77)78-55-57-79(58-56-78)107-92-50-26-22-44-84(92)85-45-23-27-51-93(85)107)68-99-100(98)105(90)91-61-59-80(108-94-52-28-24-46-86(94)87-47-25-29-53-95(87)108)66-97(91)110(99)102-88(71-36-16-9-17-37-71)64-76(104(4,5)6)65-89(102)72-38-18-10-19-39-72/h7-68H,1-6H3/i24D,25D,28D,29D,46D,47D,52D,53D. The van der Waals surface area contributed by atoms with Gasteiger partial charge in [0.05, 0.1) is 50.1 Å². The lowest BCUT2D eigenvalue weighted by Crippen LogP contribution is -2.61. The Labute approximate surface area is 655 Å². The smallest absolute Gasteiger partial charge is 0.252 e. The Balaban J connectivity index is 0.985. The summed E-state index contributed by atoms with van der Waals surface area (Å²) >= 11 is 0. The number of hydrogen-bond donors (Lipinski definition) is 0. The predicted octanol–water partition coefficient (Wildman–Crippen LogP) is 26.4. The lowest BCUT2D eigenvalue weighted by atomic mass is 9.33. The van der Waals surface area contributed by atoms with Gasteiger partial charge in [0.25, 0.3) is 6.71 Å². The Bertz CT molecular complexity index is 6870. The highest BCUT2D eigenvalue weighted by atomic mass is 15.2. The van der Waals surface area contributed by atoms with Gasteiger partial charge in [-0.3, -0.25) is 0 Å².